The van der Waals surface area contributed by atoms with Crippen LogP contribution in [0.4, 0.5) is 4.39 Å². The van der Waals surface area contributed by atoms with Gasteiger partial charge in [0.05, 0.1) is 12.1 Å². The van der Waals surface area contributed by atoms with Gasteiger partial charge in [0.2, 0.25) is 11.8 Å². The number of aromatic nitrogens is 2. The van der Waals surface area contributed by atoms with Gasteiger partial charge in [-0.1, -0.05) is 47.6 Å². The Bertz CT molecular complexity index is 1140. The molecule has 0 unspecified atom stereocenters. The van der Waals surface area contributed by atoms with Crippen molar-refractivity contribution in [3.63, 3.8) is 0 Å². The Morgan fingerprint density at radius 1 is 1.03 bits per heavy atom. The van der Waals surface area contributed by atoms with Crippen molar-refractivity contribution in [2.75, 3.05) is 32.7 Å². The highest BCUT2D eigenvalue weighted by Gasteiger charge is 2.25. The Labute approximate surface area is 216 Å². The van der Waals surface area contributed by atoms with Crippen molar-refractivity contribution in [3.8, 4) is 0 Å². The summed E-state index contributed by atoms with van der Waals surface area (Å²) in [4.78, 5) is 35.3. The molecular formula is C26H31ClFN5O3. The first-order valence-corrected chi connectivity index (χ1v) is 11.9. The van der Waals surface area contributed by atoms with Crippen LogP contribution in [0.25, 0.3) is 0 Å². The first-order chi connectivity index (χ1) is 17.0. The van der Waals surface area contributed by atoms with Crippen LogP contribution in [-0.2, 0) is 24.3 Å². The van der Waals surface area contributed by atoms with Crippen molar-refractivity contribution in [3.05, 3.63) is 83.3 Å². The molecule has 3 aromatic rings. The maximum atomic E-state index is 13.9. The number of rotatable bonds is 9. The molecule has 2 aromatic carbocycles. The van der Waals surface area contributed by atoms with E-state index in [4.69, 9.17) is 4.52 Å². The van der Waals surface area contributed by atoms with Gasteiger partial charge in [0.1, 0.15) is 5.82 Å². The molecule has 10 heteroatoms. The summed E-state index contributed by atoms with van der Waals surface area (Å²) in [5.41, 5.74) is 1.20. The van der Waals surface area contributed by atoms with Gasteiger partial charge in [-0.2, -0.15) is 4.98 Å². The second-order valence-corrected chi connectivity index (χ2v) is 8.55. The van der Waals surface area contributed by atoms with E-state index in [1.54, 1.807) is 17.0 Å². The molecule has 192 valence electrons. The molecule has 0 spiro atoms. The van der Waals surface area contributed by atoms with Crippen LogP contribution >= 0.6 is 12.4 Å². The van der Waals surface area contributed by atoms with Crippen molar-refractivity contribution in [1.29, 1.82) is 0 Å². The fraction of sp³-hybridized carbons (Fsp3) is 0.385. The number of nitrogens with zero attached hydrogens (tertiary/aromatic N) is 5. The lowest BCUT2D eigenvalue weighted by atomic mass is 10.1. The normalized spacial score (nSPS) is 13.8. The molecule has 0 aliphatic carbocycles. The van der Waals surface area contributed by atoms with E-state index in [1.165, 1.54) is 12.1 Å². The minimum atomic E-state index is -0.500. The van der Waals surface area contributed by atoms with E-state index in [0.717, 1.165) is 5.56 Å². The monoisotopic (exact) mass is 515 g/mol. The van der Waals surface area contributed by atoms with Gasteiger partial charge in [-0.25, -0.2) is 4.39 Å². The van der Waals surface area contributed by atoms with E-state index in [1.807, 2.05) is 42.2 Å². The van der Waals surface area contributed by atoms with Crippen LogP contribution in [0.2, 0.25) is 0 Å². The molecule has 0 bridgehead atoms. The van der Waals surface area contributed by atoms with Crippen molar-refractivity contribution in [2.24, 2.45) is 0 Å². The first-order valence-electron chi connectivity index (χ1n) is 11.9. The molecule has 36 heavy (non-hydrogen) atoms. The van der Waals surface area contributed by atoms with Crippen molar-refractivity contribution in [2.45, 2.75) is 32.9 Å². The summed E-state index contributed by atoms with van der Waals surface area (Å²) in [6.07, 6.45) is 0.696. The molecule has 0 radical (unpaired) electrons. The van der Waals surface area contributed by atoms with E-state index in [2.05, 4.69) is 15.0 Å². The lowest BCUT2D eigenvalue weighted by Crippen LogP contribution is -2.48. The van der Waals surface area contributed by atoms with Crippen molar-refractivity contribution in [1.82, 2.24) is 24.8 Å². The zero-order valence-electron chi connectivity index (χ0n) is 20.3. The summed E-state index contributed by atoms with van der Waals surface area (Å²) >= 11 is 0. The van der Waals surface area contributed by atoms with Crippen LogP contribution in [0, 0.1) is 5.82 Å². The third kappa shape index (κ3) is 7.11. The summed E-state index contributed by atoms with van der Waals surface area (Å²) in [6, 6.07) is 16.0. The van der Waals surface area contributed by atoms with E-state index < -0.39 is 5.82 Å². The summed E-state index contributed by atoms with van der Waals surface area (Å²) < 4.78 is 19.3. The quantitative estimate of drug-likeness (QED) is 0.433. The topological polar surface area (TPSA) is 82.8 Å². The van der Waals surface area contributed by atoms with Crippen molar-refractivity contribution >= 4 is 24.2 Å². The number of piperazine rings is 1. The van der Waals surface area contributed by atoms with Crippen LogP contribution in [0.1, 0.15) is 41.0 Å². The summed E-state index contributed by atoms with van der Waals surface area (Å²) in [7, 11) is 0. The maximum absolute atomic E-state index is 13.9. The van der Waals surface area contributed by atoms with Gasteiger partial charge in [-0.3, -0.25) is 14.5 Å². The smallest absolute Gasteiger partial charge is 0.256 e. The van der Waals surface area contributed by atoms with Crippen molar-refractivity contribution < 1.29 is 18.5 Å². The van der Waals surface area contributed by atoms with Gasteiger partial charge in [0.25, 0.3) is 5.91 Å². The standard InChI is InChI=1S/C26H30FN5O3.ClH/c1-2-31(18-20-8-4-3-5-9-20)25(33)13-12-24-28-23(29-35-24)19-30-14-16-32(17-15-30)26(34)21-10-6-7-11-22(21)27;/h3-11H,2,12-19H2,1H3;1H. The molecule has 1 fully saturated rings. The zero-order valence-corrected chi connectivity index (χ0v) is 21.1. The number of carbonyl (C=O) groups is 2. The van der Waals surface area contributed by atoms with Gasteiger partial charge >= 0.3 is 0 Å². The number of benzene rings is 2. The molecule has 2 heterocycles. The van der Waals surface area contributed by atoms with E-state index in [9.17, 15) is 14.0 Å². The lowest BCUT2D eigenvalue weighted by Gasteiger charge is -2.34. The number of hydrogen-bond donors (Lipinski definition) is 0. The predicted molar refractivity (Wildman–Crippen MR) is 135 cm³/mol. The molecule has 1 aliphatic rings. The van der Waals surface area contributed by atoms with Crippen LogP contribution in [0.15, 0.2) is 59.1 Å². The predicted octanol–water partition coefficient (Wildman–Crippen LogP) is 3.57. The maximum Gasteiger partial charge on any atom is 0.256 e. The first kappa shape index (κ1) is 27.3. The summed E-state index contributed by atoms with van der Waals surface area (Å²) in [5, 5.41) is 4.05. The molecule has 1 aromatic heterocycles. The molecule has 2 amide bonds. The number of amides is 2. The van der Waals surface area contributed by atoms with E-state index >= 15 is 0 Å². The van der Waals surface area contributed by atoms with E-state index in [0.29, 0.717) is 70.4 Å². The molecule has 4 rings (SSSR count). The van der Waals surface area contributed by atoms with Gasteiger partial charge in [0, 0.05) is 52.1 Å². The SMILES string of the molecule is CCN(Cc1ccccc1)C(=O)CCc1nc(CN2CCN(C(=O)c3ccccc3F)CC2)no1.Cl. The number of hydrogen-bond acceptors (Lipinski definition) is 6. The fourth-order valence-electron chi connectivity index (χ4n) is 4.12. The second-order valence-electron chi connectivity index (χ2n) is 8.55. The van der Waals surface area contributed by atoms with Crippen LogP contribution in [-0.4, -0.2) is 69.4 Å². The summed E-state index contributed by atoms with van der Waals surface area (Å²) in [6.45, 7) is 5.94. The van der Waals surface area contributed by atoms with Crippen LogP contribution in [0.3, 0.4) is 0 Å². The van der Waals surface area contributed by atoms with Crippen LogP contribution in [0.5, 0.6) is 0 Å². The Morgan fingerprint density at radius 3 is 2.42 bits per heavy atom. The summed E-state index contributed by atoms with van der Waals surface area (Å²) in [5.74, 6) is 0.254. The largest absolute Gasteiger partial charge is 0.339 e. The minimum Gasteiger partial charge on any atom is -0.339 e. The number of carbonyl (C=O) groups excluding carboxylic acids is 2. The number of aryl methyl sites for hydroxylation is 1. The Balaban J connectivity index is 0.00000361. The highest BCUT2D eigenvalue weighted by molar-refractivity contribution is 5.94. The molecule has 1 aliphatic heterocycles. The van der Waals surface area contributed by atoms with Gasteiger partial charge in [-0.15, -0.1) is 12.4 Å². The second kappa shape index (κ2) is 13.1. The Kier molecular flexibility index (Phi) is 9.95. The Hall–Kier alpha value is -3.30. The van der Waals surface area contributed by atoms with E-state index in [-0.39, 0.29) is 29.8 Å². The van der Waals surface area contributed by atoms with Gasteiger partial charge in [-0.05, 0) is 24.6 Å². The van der Waals surface area contributed by atoms with Gasteiger partial charge in [0.15, 0.2) is 5.82 Å². The average Bonchev–Trinajstić information content (AvgIpc) is 3.34. The van der Waals surface area contributed by atoms with Gasteiger partial charge < -0.3 is 14.3 Å². The third-order valence-electron chi connectivity index (χ3n) is 6.14. The number of halogens is 2. The molecule has 0 atom stereocenters. The Morgan fingerprint density at radius 2 is 1.72 bits per heavy atom. The molecular weight excluding hydrogens is 485 g/mol. The highest BCUT2D eigenvalue weighted by Crippen LogP contribution is 2.14. The molecule has 8 nitrogen and oxygen atoms in total. The molecule has 0 saturated carbocycles. The minimum absolute atomic E-state index is 0. The third-order valence-corrected chi connectivity index (χ3v) is 6.14. The fourth-order valence-corrected chi connectivity index (χ4v) is 4.12. The zero-order chi connectivity index (χ0) is 24.6. The average molecular weight is 516 g/mol. The highest BCUT2D eigenvalue weighted by atomic mass is 35.5. The lowest BCUT2D eigenvalue weighted by molar-refractivity contribution is -0.131. The molecule has 1 saturated heterocycles. The van der Waals surface area contributed by atoms with Crippen LogP contribution < -0.4 is 0 Å². The molecule has 0 N–H and O–H groups in total.